The molecule has 1 N–H and O–H groups in total. The van der Waals surface area contributed by atoms with Gasteiger partial charge in [0.15, 0.2) is 0 Å². The molecule has 0 fully saturated rings. The van der Waals surface area contributed by atoms with E-state index >= 15 is 0 Å². The lowest BCUT2D eigenvalue weighted by molar-refractivity contribution is 0.315. The van der Waals surface area contributed by atoms with Crippen LogP contribution >= 0.6 is 0 Å². The zero-order chi connectivity index (χ0) is 13.9. The number of benzene rings is 1. The summed E-state index contributed by atoms with van der Waals surface area (Å²) >= 11 is 0. The molecule has 0 radical (unpaired) electrons. The van der Waals surface area contributed by atoms with E-state index in [1.165, 1.54) is 0 Å². The fourth-order valence-corrected chi connectivity index (χ4v) is 2.22. The molecule has 0 aliphatic carbocycles. The summed E-state index contributed by atoms with van der Waals surface area (Å²) in [6.07, 6.45) is 2.88. The molecule has 1 atom stereocenters. The molecule has 102 valence electrons. The zero-order valence-electron chi connectivity index (χ0n) is 12.1. The summed E-state index contributed by atoms with van der Waals surface area (Å²) in [5.41, 5.74) is 2.40. The van der Waals surface area contributed by atoms with E-state index in [0.29, 0.717) is 0 Å². The summed E-state index contributed by atoms with van der Waals surface area (Å²) in [6, 6.07) is 10.4. The van der Waals surface area contributed by atoms with Crippen LogP contribution < -0.4 is 5.32 Å². The van der Waals surface area contributed by atoms with Gasteiger partial charge in [-0.05, 0) is 31.0 Å². The molecule has 0 bridgehead atoms. The van der Waals surface area contributed by atoms with Gasteiger partial charge in [0.05, 0.1) is 23.6 Å². The highest BCUT2D eigenvalue weighted by Gasteiger charge is 2.22. The quantitative estimate of drug-likeness (QED) is 0.916. The number of rotatable bonds is 4. The summed E-state index contributed by atoms with van der Waals surface area (Å²) < 4.78 is 1.91. The first-order chi connectivity index (χ1) is 9.01. The van der Waals surface area contributed by atoms with Crippen LogP contribution in [0.1, 0.15) is 38.9 Å². The maximum Gasteiger partial charge on any atom is 0.0815 e. The molecule has 1 aromatic carbocycles. The lowest BCUT2D eigenvalue weighted by atomic mass is 9.87. The van der Waals surface area contributed by atoms with Crippen LogP contribution in [0.4, 0.5) is 0 Å². The number of hydrogen-bond acceptors (Lipinski definition) is 3. The molecular weight excluding hydrogens is 236 g/mol. The Morgan fingerprint density at radius 3 is 2.47 bits per heavy atom. The molecule has 0 aliphatic rings. The average Bonchev–Trinajstić information content (AvgIpc) is 2.85. The molecule has 0 amide bonds. The van der Waals surface area contributed by atoms with Crippen LogP contribution in [0.2, 0.25) is 0 Å². The van der Waals surface area contributed by atoms with Crippen molar-refractivity contribution in [2.24, 2.45) is 5.41 Å². The lowest BCUT2D eigenvalue weighted by Crippen LogP contribution is -2.24. The normalized spacial score (nSPS) is 13.5. The molecular formula is C15H22N4. The molecule has 1 aromatic heterocycles. The SMILES string of the molecule is CNC(CC(C)(C)C)c1cnnn1-c1ccccc1. The van der Waals surface area contributed by atoms with Crippen LogP contribution in [-0.4, -0.2) is 22.0 Å². The first-order valence-corrected chi connectivity index (χ1v) is 6.64. The largest absolute Gasteiger partial charge is 0.312 e. The third-order valence-electron chi connectivity index (χ3n) is 3.10. The molecule has 1 heterocycles. The van der Waals surface area contributed by atoms with Crippen LogP contribution in [-0.2, 0) is 0 Å². The minimum absolute atomic E-state index is 0.246. The Bertz CT molecular complexity index is 510. The van der Waals surface area contributed by atoms with Crippen molar-refractivity contribution in [1.82, 2.24) is 20.3 Å². The van der Waals surface area contributed by atoms with Gasteiger partial charge in [0.2, 0.25) is 0 Å². The highest BCUT2D eigenvalue weighted by atomic mass is 15.4. The molecule has 0 saturated heterocycles. The van der Waals surface area contributed by atoms with E-state index in [9.17, 15) is 0 Å². The number of para-hydroxylation sites is 1. The maximum absolute atomic E-state index is 4.21. The summed E-state index contributed by atoms with van der Waals surface area (Å²) in [6.45, 7) is 6.73. The zero-order valence-corrected chi connectivity index (χ0v) is 12.1. The lowest BCUT2D eigenvalue weighted by Gasteiger charge is -2.25. The Morgan fingerprint density at radius 1 is 1.21 bits per heavy atom. The number of aromatic nitrogens is 3. The van der Waals surface area contributed by atoms with Crippen LogP contribution in [0.25, 0.3) is 5.69 Å². The van der Waals surface area contributed by atoms with Crippen molar-refractivity contribution in [3.8, 4) is 5.69 Å². The van der Waals surface area contributed by atoms with Crippen molar-refractivity contribution in [1.29, 1.82) is 0 Å². The predicted octanol–water partition coefficient (Wildman–Crippen LogP) is 2.96. The predicted molar refractivity (Wildman–Crippen MR) is 77.2 cm³/mol. The number of hydrogen-bond donors (Lipinski definition) is 1. The topological polar surface area (TPSA) is 42.7 Å². The molecule has 2 aromatic rings. The maximum atomic E-state index is 4.21. The Kier molecular flexibility index (Phi) is 4.00. The fraction of sp³-hybridized carbons (Fsp3) is 0.467. The van der Waals surface area contributed by atoms with Gasteiger partial charge in [-0.25, -0.2) is 4.68 Å². The van der Waals surface area contributed by atoms with E-state index in [-0.39, 0.29) is 11.5 Å². The fourth-order valence-electron chi connectivity index (χ4n) is 2.22. The first-order valence-electron chi connectivity index (χ1n) is 6.64. The second kappa shape index (κ2) is 5.53. The Hall–Kier alpha value is -1.68. The molecule has 0 spiro atoms. The molecule has 0 aliphatic heterocycles. The second-order valence-electron chi connectivity index (χ2n) is 6.01. The van der Waals surface area contributed by atoms with Crippen molar-refractivity contribution >= 4 is 0 Å². The van der Waals surface area contributed by atoms with Crippen molar-refractivity contribution < 1.29 is 0 Å². The molecule has 19 heavy (non-hydrogen) atoms. The molecule has 4 heteroatoms. The summed E-state index contributed by atoms with van der Waals surface area (Å²) in [5.74, 6) is 0. The van der Waals surface area contributed by atoms with Crippen molar-refractivity contribution in [3.63, 3.8) is 0 Å². The van der Waals surface area contributed by atoms with Gasteiger partial charge < -0.3 is 5.32 Å². The van der Waals surface area contributed by atoms with E-state index in [1.807, 2.05) is 48.3 Å². The standard InChI is InChI=1S/C15H22N4/c1-15(2,3)10-13(16-4)14-11-17-18-19(14)12-8-6-5-7-9-12/h5-9,11,13,16H,10H2,1-4H3. The number of nitrogens with one attached hydrogen (secondary N) is 1. The monoisotopic (exact) mass is 258 g/mol. The minimum Gasteiger partial charge on any atom is -0.312 e. The van der Waals surface area contributed by atoms with Crippen molar-refractivity contribution in [3.05, 3.63) is 42.2 Å². The van der Waals surface area contributed by atoms with Gasteiger partial charge in [-0.1, -0.05) is 44.2 Å². The van der Waals surface area contributed by atoms with Crippen LogP contribution in [0.5, 0.6) is 0 Å². The highest BCUT2D eigenvalue weighted by molar-refractivity contribution is 5.32. The van der Waals surface area contributed by atoms with Gasteiger partial charge >= 0.3 is 0 Å². The Balaban J connectivity index is 2.33. The van der Waals surface area contributed by atoms with Gasteiger partial charge in [-0.15, -0.1) is 5.10 Å². The van der Waals surface area contributed by atoms with Gasteiger partial charge in [0.25, 0.3) is 0 Å². The van der Waals surface area contributed by atoms with Gasteiger partial charge in [0.1, 0.15) is 0 Å². The molecule has 4 nitrogen and oxygen atoms in total. The van der Waals surface area contributed by atoms with E-state index in [4.69, 9.17) is 0 Å². The third kappa shape index (κ3) is 3.41. The summed E-state index contributed by atoms with van der Waals surface area (Å²) in [4.78, 5) is 0. The van der Waals surface area contributed by atoms with Crippen molar-refractivity contribution in [2.75, 3.05) is 7.05 Å². The Morgan fingerprint density at radius 2 is 1.89 bits per heavy atom. The van der Waals surface area contributed by atoms with E-state index < -0.39 is 0 Å². The van der Waals surface area contributed by atoms with Crippen LogP contribution in [0, 0.1) is 5.41 Å². The second-order valence-corrected chi connectivity index (χ2v) is 6.01. The van der Waals surface area contributed by atoms with Gasteiger partial charge in [0, 0.05) is 0 Å². The van der Waals surface area contributed by atoms with E-state index in [0.717, 1.165) is 17.8 Å². The highest BCUT2D eigenvalue weighted by Crippen LogP contribution is 2.29. The summed E-state index contributed by atoms with van der Waals surface area (Å²) in [5, 5.41) is 11.7. The molecule has 0 saturated carbocycles. The van der Waals surface area contributed by atoms with Crippen LogP contribution in [0.15, 0.2) is 36.5 Å². The van der Waals surface area contributed by atoms with E-state index in [2.05, 4.69) is 36.4 Å². The third-order valence-corrected chi connectivity index (χ3v) is 3.10. The van der Waals surface area contributed by atoms with Crippen molar-refractivity contribution in [2.45, 2.75) is 33.2 Å². The van der Waals surface area contributed by atoms with Gasteiger partial charge in [-0.3, -0.25) is 0 Å². The summed E-state index contributed by atoms with van der Waals surface area (Å²) in [7, 11) is 1.98. The first kappa shape index (κ1) is 13.7. The Labute approximate surface area is 114 Å². The number of nitrogens with zero attached hydrogens (tertiary/aromatic N) is 3. The van der Waals surface area contributed by atoms with Gasteiger partial charge in [-0.2, -0.15) is 0 Å². The van der Waals surface area contributed by atoms with Crippen LogP contribution in [0.3, 0.4) is 0 Å². The molecule has 1 unspecified atom stereocenters. The average molecular weight is 258 g/mol. The smallest absolute Gasteiger partial charge is 0.0815 e. The van der Waals surface area contributed by atoms with E-state index in [1.54, 1.807) is 0 Å². The molecule has 2 rings (SSSR count). The minimum atomic E-state index is 0.246.